The van der Waals surface area contributed by atoms with E-state index in [0.29, 0.717) is 5.41 Å². The van der Waals surface area contributed by atoms with Gasteiger partial charge in [-0.2, -0.15) is 0 Å². The zero-order valence-electron chi connectivity index (χ0n) is 14.2. The zero-order chi connectivity index (χ0) is 14.7. The largest absolute Gasteiger partial charge is 0.311 e. The molecule has 3 nitrogen and oxygen atoms in total. The quantitative estimate of drug-likeness (QED) is 0.827. The van der Waals surface area contributed by atoms with Crippen LogP contribution in [0.1, 0.15) is 47.5 Å². The molecule has 1 rings (SSSR count). The average Bonchev–Trinajstić information content (AvgIpc) is 2.25. The van der Waals surface area contributed by atoms with Crippen LogP contribution in [0.15, 0.2) is 0 Å². The van der Waals surface area contributed by atoms with Gasteiger partial charge in [-0.3, -0.25) is 0 Å². The van der Waals surface area contributed by atoms with Crippen LogP contribution in [-0.2, 0) is 0 Å². The fourth-order valence-corrected chi connectivity index (χ4v) is 2.86. The number of likely N-dealkylation sites (tertiary alicyclic amines) is 1. The highest BCUT2D eigenvalue weighted by atomic mass is 15.2. The van der Waals surface area contributed by atoms with Crippen molar-refractivity contribution in [1.82, 2.24) is 15.1 Å². The van der Waals surface area contributed by atoms with Crippen molar-refractivity contribution in [3.05, 3.63) is 0 Å². The van der Waals surface area contributed by atoms with E-state index < -0.39 is 0 Å². The number of likely N-dealkylation sites (N-methyl/N-ethyl adjacent to an activating group) is 2. The third-order valence-corrected chi connectivity index (χ3v) is 4.00. The van der Waals surface area contributed by atoms with Gasteiger partial charge in [0.1, 0.15) is 0 Å². The molecule has 3 heteroatoms. The molecule has 1 atom stereocenters. The van der Waals surface area contributed by atoms with E-state index in [1.54, 1.807) is 0 Å². The van der Waals surface area contributed by atoms with Crippen LogP contribution in [-0.4, -0.2) is 61.7 Å². The summed E-state index contributed by atoms with van der Waals surface area (Å²) in [6.07, 6.45) is 2.69. The first-order valence-electron chi connectivity index (χ1n) is 7.73. The Bertz CT molecular complexity index is 268. The van der Waals surface area contributed by atoms with Gasteiger partial charge in [-0.05, 0) is 59.7 Å². The highest BCUT2D eigenvalue weighted by Gasteiger charge is 2.27. The van der Waals surface area contributed by atoms with Gasteiger partial charge in [0, 0.05) is 31.2 Å². The zero-order valence-corrected chi connectivity index (χ0v) is 14.2. The van der Waals surface area contributed by atoms with Crippen LogP contribution in [0, 0.1) is 5.41 Å². The molecule has 0 aromatic carbocycles. The lowest BCUT2D eigenvalue weighted by molar-refractivity contribution is 0.0960. The molecular formula is C16H35N3. The monoisotopic (exact) mass is 269 g/mol. The maximum absolute atomic E-state index is 3.64. The first-order chi connectivity index (χ1) is 8.59. The molecule has 114 valence electrons. The lowest BCUT2D eigenvalue weighted by Gasteiger charge is -2.40. The Labute approximate surface area is 120 Å². The minimum atomic E-state index is 0.209. The van der Waals surface area contributed by atoms with Crippen molar-refractivity contribution in [2.24, 2.45) is 5.41 Å². The van der Waals surface area contributed by atoms with Gasteiger partial charge in [0.05, 0.1) is 0 Å². The molecule has 1 unspecified atom stereocenters. The van der Waals surface area contributed by atoms with Gasteiger partial charge in [-0.25, -0.2) is 0 Å². The van der Waals surface area contributed by atoms with Gasteiger partial charge in [0.15, 0.2) is 0 Å². The summed E-state index contributed by atoms with van der Waals surface area (Å²) in [5, 5.41) is 3.64. The van der Waals surface area contributed by atoms with E-state index in [-0.39, 0.29) is 5.54 Å². The second-order valence-corrected chi connectivity index (χ2v) is 8.24. The molecular weight excluding hydrogens is 234 g/mol. The maximum atomic E-state index is 3.64. The van der Waals surface area contributed by atoms with Gasteiger partial charge in [0.2, 0.25) is 0 Å². The average molecular weight is 269 g/mol. The third kappa shape index (κ3) is 6.73. The van der Waals surface area contributed by atoms with Crippen molar-refractivity contribution >= 4 is 0 Å². The molecule has 0 spiro atoms. The van der Waals surface area contributed by atoms with Gasteiger partial charge in [0.25, 0.3) is 0 Å². The second kappa shape index (κ2) is 6.55. The van der Waals surface area contributed by atoms with Crippen molar-refractivity contribution in [2.75, 3.05) is 40.3 Å². The van der Waals surface area contributed by atoms with Crippen molar-refractivity contribution in [1.29, 1.82) is 0 Å². The molecule has 1 N–H and O–H groups in total. The van der Waals surface area contributed by atoms with Gasteiger partial charge in [-0.1, -0.05) is 13.8 Å². The number of nitrogens with zero attached hydrogens (tertiary/aromatic N) is 2. The number of hydrogen-bond acceptors (Lipinski definition) is 3. The topological polar surface area (TPSA) is 18.5 Å². The lowest BCUT2D eigenvalue weighted by atomic mass is 9.90. The highest BCUT2D eigenvalue weighted by Crippen LogP contribution is 2.21. The Hall–Kier alpha value is -0.120. The first kappa shape index (κ1) is 16.9. The SMILES string of the molecule is CN1CCCC(N(C)CC(C)(C)CNC(C)(C)C)C1. The summed E-state index contributed by atoms with van der Waals surface area (Å²) < 4.78 is 0. The van der Waals surface area contributed by atoms with Crippen molar-refractivity contribution in [2.45, 2.75) is 59.0 Å². The summed E-state index contributed by atoms with van der Waals surface area (Å²) in [5.74, 6) is 0. The molecule has 0 aromatic heterocycles. The summed E-state index contributed by atoms with van der Waals surface area (Å²) in [4.78, 5) is 5.03. The molecule has 0 aromatic rings. The van der Waals surface area contributed by atoms with E-state index in [9.17, 15) is 0 Å². The molecule has 0 aliphatic carbocycles. The van der Waals surface area contributed by atoms with E-state index in [4.69, 9.17) is 0 Å². The van der Waals surface area contributed by atoms with Crippen LogP contribution in [0.3, 0.4) is 0 Å². The van der Waals surface area contributed by atoms with Gasteiger partial charge in [-0.15, -0.1) is 0 Å². The Morgan fingerprint density at radius 2 is 1.84 bits per heavy atom. The van der Waals surface area contributed by atoms with E-state index in [2.05, 4.69) is 63.8 Å². The molecule has 1 aliphatic rings. The van der Waals surface area contributed by atoms with Crippen molar-refractivity contribution < 1.29 is 0 Å². The van der Waals surface area contributed by atoms with Crippen LogP contribution in [0.25, 0.3) is 0 Å². The predicted molar refractivity (Wildman–Crippen MR) is 84.7 cm³/mol. The second-order valence-electron chi connectivity index (χ2n) is 8.24. The summed E-state index contributed by atoms with van der Waals surface area (Å²) in [7, 11) is 4.54. The summed E-state index contributed by atoms with van der Waals surface area (Å²) >= 11 is 0. The summed E-state index contributed by atoms with van der Waals surface area (Å²) in [6, 6.07) is 0.729. The van der Waals surface area contributed by atoms with Crippen LogP contribution < -0.4 is 5.32 Å². The Morgan fingerprint density at radius 1 is 1.21 bits per heavy atom. The first-order valence-corrected chi connectivity index (χ1v) is 7.73. The number of piperidine rings is 1. The molecule has 1 fully saturated rings. The van der Waals surface area contributed by atoms with E-state index in [1.165, 1.54) is 25.9 Å². The van der Waals surface area contributed by atoms with Crippen LogP contribution in [0.2, 0.25) is 0 Å². The lowest BCUT2D eigenvalue weighted by Crippen LogP contribution is -2.50. The molecule has 0 radical (unpaired) electrons. The number of rotatable bonds is 5. The summed E-state index contributed by atoms with van der Waals surface area (Å²) in [6.45, 7) is 16.2. The minimum absolute atomic E-state index is 0.209. The molecule has 0 amide bonds. The Kier molecular flexibility index (Phi) is 5.84. The van der Waals surface area contributed by atoms with Crippen LogP contribution >= 0.6 is 0 Å². The standard InChI is InChI=1S/C16H35N3/c1-15(2,3)17-12-16(4,5)13-19(7)14-9-8-10-18(6)11-14/h14,17H,8-13H2,1-7H3. The highest BCUT2D eigenvalue weighted by molar-refractivity contribution is 4.84. The maximum Gasteiger partial charge on any atom is 0.0220 e. The normalized spacial score (nSPS) is 23.1. The minimum Gasteiger partial charge on any atom is -0.311 e. The van der Waals surface area contributed by atoms with Crippen molar-refractivity contribution in [3.8, 4) is 0 Å². The fraction of sp³-hybridized carbons (Fsp3) is 1.00. The van der Waals surface area contributed by atoms with Gasteiger partial charge < -0.3 is 15.1 Å². The van der Waals surface area contributed by atoms with Crippen LogP contribution in [0.4, 0.5) is 0 Å². The summed E-state index contributed by atoms with van der Waals surface area (Å²) in [5.41, 5.74) is 0.527. The number of nitrogens with one attached hydrogen (secondary N) is 1. The third-order valence-electron chi connectivity index (χ3n) is 4.00. The fourth-order valence-electron chi connectivity index (χ4n) is 2.86. The van der Waals surface area contributed by atoms with E-state index in [0.717, 1.165) is 19.1 Å². The Balaban J connectivity index is 2.43. The predicted octanol–water partition coefficient (Wildman–Crippen LogP) is 2.43. The number of hydrogen-bond donors (Lipinski definition) is 1. The molecule has 0 bridgehead atoms. The Morgan fingerprint density at radius 3 is 2.37 bits per heavy atom. The van der Waals surface area contributed by atoms with Gasteiger partial charge >= 0.3 is 0 Å². The van der Waals surface area contributed by atoms with E-state index >= 15 is 0 Å². The molecule has 0 saturated carbocycles. The molecule has 1 saturated heterocycles. The molecule has 1 heterocycles. The molecule has 19 heavy (non-hydrogen) atoms. The van der Waals surface area contributed by atoms with Crippen molar-refractivity contribution in [3.63, 3.8) is 0 Å². The molecule has 1 aliphatic heterocycles. The van der Waals surface area contributed by atoms with E-state index in [1.807, 2.05) is 0 Å². The smallest absolute Gasteiger partial charge is 0.0220 e. The van der Waals surface area contributed by atoms with Crippen LogP contribution in [0.5, 0.6) is 0 Å².